The van der Waals surface area contributed by atoms with Gasteiger partial charge in [-0.1, -0.05) is 18.2 Å². The van der Waals surface area contributed by atoms with Gasteiger partial charge in [-0.15, -0.1) is 0 Å². The van der Waals surface area contributed by atoms with E-state index in [0.717, 1.165) is 5.56 Å². The van der Waals surface area contributed by atoms with Crippen LogP contribution in [0.25, 0.3) is 0 Å². The number of rotatable bonds is 4. The zero-order valence-electron chi connectivity index (χ0n) is 16.6. The van der Waals surface area contributed by atoms with Crippen LogP contribution in [0.4, 0.5) is 5.69 Å². The molecule has 2 aliphatic heterocycles. The van der Waals surface area contributed by atoms with Gasteiger partial charge in [0.25, 0.3) is 5.91 Å². The van der Waals surface area contributed by atoms with Gasteiger partial charge in [0.15, 0.2) is 0 Å². The Hall–Kier alpha value is -2.75. The van der Waals surface area contributed by atoms with Crippen molar-refractivity contribution < 1.29 is 22.7 Å². The predicted molar refractivity (Wildman–Crippen MR) is 111 cm³/mol. The van der Waals surface area contributed by atoms with Gasteiger partial charge in [0.1, 0.15) is 6.04 Å². The minimum atomic E-state index is -3.64. The van der Waals surface area contributed by atoms with E-state index < -0.39 is 16.1 Å². The summed E-state index contributed by atoms with van der Waals surface area (Å²) < 4.78 is 32.2. The van der Waals surface area contributed by atoms with Crippen LogP contribution < -0.4 is 10.2 Å². The highest BCUT2D eigenvalue weighted by Gasteiger charge is 2.38. The summed E-state index contributed by atoms with van der Waals surface area (Å²) in [7, 11) is -2.10. The fraction of sp³-hybridized carbons (Fsp3) is 0.333. The van der Waals surface area contributed by atoms with Crippen LogP contribution in [0.5, 0.6) is 0 Å². The number of ether oxygens (including phenoxy) is 1. The van der Waals surface area contributed by atoms with E-state index in [0.29, 0.717) is 44.0 Å². The highest BCUT2D eigenvalue weighted by atomic mass is 32.2. The van der Waals surface area contributed by atoms with Crippen LogP contribution in [0.1, 0.15) is 15.9 Å². The van der Waals surface area contributed by atoms with Crippen molar-refractivity contribution in [3.63, 3.8) is 0 Å². The predicted octanol–water partition coefficient (Wildman–Crippen LogP) is 1.03. The largest absolute Gasteiger partial charge is 0.379 e. The van der Waals surface area contributed by atoms with Crippen molar-refractivity contribution in [2.75, 3.05) is 38.3 Å². The van der Waals surface area contributed by atoms with Gasteiger partial charge in [-0.3, -0.25) is 14.5 Å². The number of carbonyl (C=O) groups excluding carboxylic acids is 2. The molecule has 1 N–H and O–H groups in total. The van der Waals surface area contributed by atoms with Gasteiger partial charge in [-0.05, 0) is 35.9 Å². The Kier molecular flexibility index (Phi) is 5.59. The van der Waals surface area contributed by atoms with E-state index in [-0.39, 0.29) is 16.7 Å². The molecule has 1 atom stereocenters. The Balaban J connectivity index is 1.62. The number of fused-ring (bicyclic) bond motifs is 1. The number of likely N-dealkylation sites (N-methyl/N-ethyl adjacent to an activating group) is 1. The molecule has 0 saturated carbocycles. The van der Waals surface area contributed by atoms with Gasteiger partial charge in [-0.25, -0.2) is 8.42 Å². The number of benzene rings is 2. The van der Waals surface area contributed by atoms with Crippen LogP contribution >= 0.6 is 0 Å². The lowest BCUT2D eigenvalue weighted by molar-refractivity contribution is -0.121. The van der Waals surface area contributed by atoms with Crippen molar-refractivity contribution in [3.8, 4) is 0 Å². The number of nitrogens with zero attached hydrogens (tertiary/aromatic N) is 2. The monoisotopic (exact) mass is 429 g/mol. The number of hydrogen-bond donors (Lipinski definition) is 1. The van der Waals surface area contributed by atoms with Gasteiger partial charge in [0.05, 0.1) is 18.1 Å². The third-order valence-corrected chi connectivity index (χ3v) is 7.37. The van der Waals surface area contributed by atoms with Crippen molar-refractivity contribution in [3.05, 3.63) is 59.7 Å². The summed E-state index contributed by atoms with van der Waals surface area (Å²) in [5.41, 5.74) is 1.94. The van der Waals surface area contributed by atoms with Crippen molar-refractivity contribution in [2.24, 2.45) is 0 Å². The number of para-hydroxylation sites is 1. The molecule has 158 valence electrons. The zero-order chi connectivity index (χ0) is 21.3. The van der Waals surface area contributed by atoms with Crippen molar-refractivity contribution >= 4 is 27.5 Å². The maximum absolute atomic E-state index is 13.3. The summed E-state index contributed by atoms with van der Waals surface area (Å²) in [5, 5.41) is 2.62. The van der Waals surface area contributed by atoms with E-state index >= 15 is 0 Å². The molecule has 9 heteroatoms. The topological polar surface area (TPSA) is 96.0 Å². The standard InChI is InChI=1S/C21H23N3O5S/c1-22-20(25)19-14-16-4-2-3-5-18(16)24(19)21(26)15-6-8-17(9-7-15)30(27,28)23-10-12-29-13-11-23/h2-9,19H,10-14H2,1H3,(H,22,25)/t19-/m0/s1. The second-order valence-electron chi connectivity index (χ2n) is 7.18. The van der Waals surface area contributed by atoms with Crippen molar-refractivity contribution in [2.45, 2.75) is 17.4 Å². The van der Waals surface area contributed by atoms with E-state index in [1.54, 1.807) is 7.05 Å². The normalized spacial score (nSPS) is 19.4. The zero-order valence-corrected chi connectivity index (χ0v) is 17.4. The van der Waals surface area contributed by atoms with Crippen LogP contribution in [0.2, 0.25) is 0 Å². The van der Waals surface area contributed by atoms with Gasteiger partial charge in [0, 0.05) is 37.8 Å². The molecular formula is C21H23N3O5S. The summed E-state index contributed by atoms with van der Waals surface area (Å²) in [6.07, 6.45) is 0.436. The van der Waals surface area contributed by atoms with E-state index in [1.807, 2.05) is 24.3 Å². The van der Waals surface area contributed by atoms with Crippen LogP contribution in [0, 0.1) is 0 Å². The van der Waals surface area contributed by atoms with E-state index in [2.05, 4.69) is 5.32 Å². The molecule has 30 heavy (non-hydrogen) atoms. The molecule has 0 radical (unpaired) electrons. The summed E-state index contributed by atoms with van der Waals surface area (Å²) in [4.78, 5) is 27.3. The second-order valence-corrected chi connectivity index (χ2v) is 9.12. The molecule has 0 bridgehead atoms. The molecule has 1 fully saturated rings. The number of carbonyl (C=O) groups is 2. The number of hydrogen-bond acceptors (Lipinski definition) is 5. The quantitative estimate of drug-likeness (QED) is 0.783. The molecule has 0 aliphatic carbocycles. The third-order valence-electron chi connectivity index (χ3n) is 5.45. The molecule has 2 aromatic rings. The minimum Gasteiger partial charge on any atom is -0.379 e. The average Bonchev–Trinajstić information content (AvgIpc) is 3.18. The molecule has 2 amide bonds. The number of anilines is 1. The summed E-state index contributed by atoms with van der Waals surface area (Å²) >= 11 is 0. The van der Waals surface area contributed by atoms with E-state index in [9.17, 15) is 18.0 Å². The second kappa shape index (κ2) is 8.17. The summed E-state index contributed by atoms with van der Waals surface area (Å²) in [6, 6.07) is 12.6. The molecule has 2 aliphatic rings. The third kappa shape index (κ3) is 3.60. The van der Waals surface area contributed by atoms with Crippen LogP contribution in [0.15, 0.2) is 53.4 Å². The molecule has 2 heterocycles. The Morgan fingerprint density at radius 1 is 1.03 bits per heavy atom. The first kappa shape index (κ1) is 20.5. The summed E-state index contributed by atoms with van der Waals surface area (Å²) in [6.45, 7) is 1.35. The highest BCUT2D eigenvalue weighted by molar-refractivity contribution is 7.89. The molecule has 0 unspecified atom stereocenters. The molecule has 1 saturated heterocycles. The van der Waals surface area contributed by atoms with Crippen LogP contribution in [-0.4, -0.2) is 63.9 Å². The van der Waals surface area contributed by atoms with Crippen molar-refractivity contribution in [1.29, 1.82) is 0 Å². The van der Waals surface area contributed by atoms with Crippen LogP contribution in [0.3, 0.4) is 0 Å². The Morgan fingerprint density at radius 2 is 1.70 bits per heavy atom. The molecule has 0 aromatic heterocycles. The van der Waals surface area contributed by atoms with Gasteiger partial charge in [0.2, 0.25) is 15.9 Å². The first-order valence-electron chi connectivity index (χ1n) is 9.74. The molecular weight excluding hydrogens is 406 g/mol. The van der Waals surface area contributed by atoms with Gasteiger partial charge >= 0.3 is 0 Å². The lowest BCUT2D eigenvalue weighted by atomic mass is 10.1. The van der Waals surface area contributed by atoms with Crippen molar-refractivity contribution in [1.82, 2.24) is 9.62 Å². The number of sulfonamides is 1. The molecule has 0 spiro atoms. The van der Waals surface area contributed by atoms with E-state index in [4.69, 9.17) is 4.74 Å². The Morgan fingerprint density at radius 3 is 2.37 bits per heavy atom. The maximum atomic E-state index is 13.3. The first-order chi connectivity index (χ1) is 14.4. The maximum Gasteiger partial charge on any atom is 0.259 e. The number of nitrogens with one attached hydrogen (secondary N) is 1. The number of morpholine rings is 1. The Bertz CT molecular complexity index is 1060. The fourth-order valence-electron chi connectivity index (χ4n) is 3.86. The number of amides is 2. The van der Waals surface area contributed by atoms with Gasteiger partial charge in [-0.2, -0.15) is 4.31 Å². The van der Waals surface area contributed by atoms with Gasteiger partial charge < -0.3 is 10.1 Å². The molecule has 2 aromatic carbocycles. The lowest BCUT2D eigenvalue weighted by Gasteiger charge is -2.26. The first-order valence-corrected chi connectivity index (χ1v) is 11.2. The van der Waals surface area contributed by atoms with E-state index in [1.165, 1.54) is 33.5 Å². The SMILES string of the molecule is CNC(=O)[C@@H]1Cc2ccccc2N1C(=O)c1ccc(S(=O)(=O)N2CCOCC2)cc1. The highest BCUT2D eigenvalue weighted by Crippen LogP contribution is 2.33. The Labute approximate surface area is 175 Å². The minimum absolute atomic E-state index is 0.130. The smallest absolute Gasteiger partial charge is 0.259 e. The lowest BCUT2D eigenvalue weighted by Crippen LogP contribution is -2.47. The summed E-state index contributed by atoms with van der Waals surface area (Å²) in [5.74, 6) is -0.588. The molecule has 4 rings (SSSR count). The fourth-order valence-corrected chi connectivity index (χ4v) is 5.27. The average molecular weight is 429 g/mol. The molecule has 8 nitrogen and oxygen atoms in total. The van der Waals surface area contributed by atoms with Crippen LogP contribution in [-0.2, 0) is 26.0 Å².